The van der Waals surface area contributed by atoms with Crippen LogP contribution in [0.2, 0.25) is 0 Å². The number of carbonyl (C=O) groups is 4. The lowest BCUT2D eigenvalue weighted by atomic mass is 9.87. The number of methoxy groups -OCH3 is 1. The summed E-state index contributed by atoms with van der Waals surface area (Å²) in [5, 5.41) is 99.5. The minimum absolute atomic E-state index is 0.0875. The second kappa shape index (κ2) is 68.3. The lowest BCUT2D eigenvalue weighted by Crippen LogP contribution is -2.26. The molecule has 0 aromatic heterocycles. The number of hydrogen-bond acceptors (Lipinski definition) is 15. The van der Waals surface area contributed by atoms with Gasteiger partial charge in [0.05, 0.1) is 65.6 Å². The molecule has 0 aliphatic heterocycles. The van der Waals surface area contributed by atoms with E-state index in [1.54, 1.807) is 80.0 Å². The van der Waals surface area contributed by atoms with Crippen molar-refractivity contribution in [1.29, 1.82) is 0 Å². The fourth-order valence-corrected chi connectivity index (χ4v) is 10.9. The van der Waals surface area contributed by atoms with Crippen LogP contribution in [0.15, 0.2) is 170 Å². The van der Waals surface area contributed by atoms with Gasteiger partial charge in [-0.05, 0) is 167 Å². The second-order valence-electron chi connectivity index (χ2n) is 28.0. The largest absolute Gasteiger partial charge is 0.390 e. The molecule has 0 spiro atoms. The van der Waals surface area contributed by atoms with Crippen molar-refractivity contribution in [3.63, 3.8) is 0 Å². The Kier molecular flexibility index (Phi) is 65.5. The summed E-state index contributed by atoms with van der Waals surface area (Å²) < 4.78 is 5.57. The quantitative estimate of drug-likeness (QED) is 0.0154. The minimum atomic E-state index is -0.956. The number of allylic oxidation sites excluding steroid dienone is 21. The van der Waals surface area contributed by atoms with E-state index in [1.807, 2.05) is 72.9 Å². The van der Waals surface area contributed by atoms with Crippen LogP contribution >= 0.6 is 0 Å². The topological polar surface area (TPSA) is 280 Å². The lowest BCUT2D eigenvalue weighted by Gasteiger charge is -2.26. The third-order valence-corrected chi connectivity index (χ3v) is 17.7. The van der Waals surface area contributed by atoms with Crippen LogP contribution in [0.4, 0.5) is 0 Å². The number of rotatable bonds is 45. The first kappa shape index (κ1) is 101. The molecule has 0 amide bonds. The Hall–Kier alpha value is -6.28. The first-order chi connectivity index (χ1) is 50.3. The molecule has 590 valence electrons. The van der Waals surface area contributed by atoms with Crippen LogP contribution in [0.25, 0.3) is 0 Å². The van der Waals surface area contributed by atoms with Crippen LogP contribution in [-0.4, -0.2) is 147 Å². The summed E-state index contributed by atoms with van der Waals surface area (Å²) in [7, 11) is 1.72. The van der Waals surface area contributed by atoms with Gasteiger partial charge in [0.1, 0.15) is 23.1 Å². The summed E-state index contributed by atoms with van der Waals surface area (Å²) in [4.78, 5) is 43.4. The predicted molar refractivity (Wildman–Crippen MR) is 433 cm³/mol. The zero-order valence-electron chi connectivity index (χ0n) is 65.5. The molecule has 0 radical (unpaired) electrons. The zero-order valence-corrected chi connectivity index (χ0v) is 65.5. The van der Waals surface area contributed by atoms with Gasteiger partial charge in [0, 0.05) is 32.8 Å². The molecule has 0 saturated heterocycles. The summed E-state index contributed by atoms with van der Waals surface area (Å²) in [6.07, 6.45) is 74.1. The molecule has 0 aromatic carbocycles. The van der Waals surface area contributed by atoms with Crippen molar-refractivity contribution in [2.45, 2.75) is 339 Å². The van der Waals surface area contributed by atoms with Crippen LogP contribution in [0.1, 0.15) is 273 Å². The van der Waals surface area contributed by atoms with Gasteiger partial charge in [0.15, 0.2) is 0 Å². The van der Waals surface area contributed by atoms with Crippen molar-refractivity contribution in [1.82, 2.24) is 0 Å². The number of ether oxygens (including phenoxy) is 1. The van der Waals surface area contributed by atoms with Crippen molar-refractivity contribution >= 4 is 23.1 Å². The first-order valence-corrected chi connectivity index (χ1v) is 39.1. The van der Waals surface area contributed by atoms with Crippen LogP contribution < -0.4 is 0 Å². The standard InChI is InChI=1S/C23H36O4.C23H34O4.C23H36O4.C21H34O3/c2*1-20(24)14-13-16-22(26)21(25)15-9-5-2-3-6-10-17-23(27)18-11-7-4-8-12-19-23;1-5-6-12-18-23(3,27-4)19-13-10-8-7-9-11-16-21(25)22(26)17-14-15-20(2)24;1-3-4-5-6-7-8-9-10-11-12-13-14-17-20(23)21(24)18-15-16-19(2)22/h2-3,5-6,9-10,15,17,21-22,25-27H,4,7-8,11-14,16,18-19H2,1H3;2,5,9-10,15,17,21-22,25-27H,4,7-8,11-14,16,18-19H2,1H3;7,9,11,13,16,19,21-22,25-26H,5-6,12,14-15,17-18H2,1-4H3;8-14,17,20-21,23-24H,3-7,15-16,18H2,1-2H3/b5-2+,6-3-,15-9+,17-10+;5-2+,15-9+,17-10+;9-7+,16-11+,19-13+;9-8+,11-10-,13-12+,17-14+/t2*21-,22+;21-,22+,23?;20-,21+/m1111/s1. The highest BCUT2D eigenvalue weighted by atomic mass is 16.5. The number of carbonyl (C=O) groups excluding carboxylic acids is 4. The van der Waals surface area contributed by atoms with E-state index in [2.05, 4.69) is 50.5 Å². The molecule has 0 bridgehead atoms. The van der Waals surface area contributed by atoms with E-state index in [0.29, 0.717) is 77.0 Å². The maximum Gasteiger partial charge on any atom is 0.129 e. The Bertz CT molecular complexity index is 2820. The van der Waals surface area contributed by atoms with Gasteiger partial charge in [-0.25, -0.2) is 0 Å². The van der Waals surface area contributed by atoms with Crippen LogP contribution in [0, 0.1) is 23.7 Å². The first-order valence-electron chi connectivity index (χ1n) is 39.1. The highest BCUT2D eigenvalue weighted by molar-refractivity contribution is 5.76. The molecule has 1 unspecified atom stereocenters. The fourth-order valence-electron chi connectivity index (χ4n) is 10.9. The van der Waals surface area contributed by atoms with Gasteiger partial charge in [0.25, 0.3) is 0 Å². The normalized spacial score (nSPS) is 18.3. The average molecular weight is 1460 g/mol. The van der Waals surface area contributed by atoms with Crippen molar-refractivity contribution < 1.29 is 75.0 Å². The van der Waals surface area contributed by atoms with E-state index in [9.17, 15) is 70.2 Å². The molecule has 15 heteroatoms. The van der Waals surface area contributed by atoms with Gasteiger partial charge >= 0.3 is 0 Å². The zero-order chi connectivity index (χ0) is 78.5. The Labute approximate surface area is 634 Å². The van der Waals surface area contributed by atoms with E-state index in [-0.39, 0.29) is 28.7 Å². The van der Waals surface area contributed by atoms with E-state index >= 15 is 0 Å². The smallest absolute Gasteiger partial charge is 0.129 e. The SMILES string of the molecule is CC(=O)CCC[C@H](O)[C@H](O)/C=C/C=C/C#C/C=C/C1(O)CCCCCCC1.CC(=O)CCC[C@H](O)[C@H](O)/C=C/C=C/C=C\C=C\C1(O)CCCCCCC1.CCCCCC(C)(/C=C/C#C/C=C/C=C/[C@@H](O)[C@@H](O)CCCC(C)=O)OC.CCCCCC/C=C/C=C\C=C\C=C\[C@@H](O)[C@@H](O)CCCC(C)=O. The maximum atomic E-state index is 10.9. The molecule has 15 nitrogen and oxygen atoms in total. The predicted octanol–water partition coefficient (Wildman–Crippen LogP) is 16.6. The van der Waals surface area contributed by atoms with Crippen molar-refractivity contribution in [3.8, 4) is 23.7 Å². The Morgan fingerprint density at radius 3 is 1.07 bits per heavy atom. The van der Waals surface area contributed by atoms with E-state index in [1.165, 1.54) is 123 Å². The summed E-state index contributed by atoms with van der Waals surface area (Å²) in [5.41, 5.74) is -1.67. The molecule has 2 aliphatic rings. The number of hydrogen-bond donors (Lipinski definition) is 10. The van der Waals surface area contributed by atoms with Gasteiger partial charge < -0.3 is 75.0 Å². The molecule has 0 aromatic rings. The Balaban J connectivity index is 0. The molecule has 9 atom stereocenters. The molecule has 2 fully saturated rings. The van der Waals surface area contributed by atoms with Gasteiger partial charge in [-0.15, -0.1) is 0 Å². The monoisotopic (exact) mass is 1460 g/mol. The van der Waals surface area contributed by atoms with Crippen molar-refractivity contribution in [3.05, 3.63) is 170 Å². The lowest BCUT2D eigenvalue weighted by molar-refractivity contribution is -0.118. The van der Waals surface area contributed by atoms with Crippen LogP contribution in [-0.2, 0) is 23.9 Å². The number of ketones is 4. The van der Waals surface area contributed by atoms with E-state index < -0.39 is 60.0 Å². The molecule has 2 aliphatic carbocycles. The van der Waals surface area contributed by atoms with Crippen LogP contribution in [0.3, 0.4) is 0 Å². The molecule has 2 saturated carbocycles. The van der Waals surface area contributed by atoms with E-state index in [0.717, 1.165) is 70.6 Å². The molecular formula is C90H140O15. The Morgan fingerprint density at radius 2 is 0.695 bits per heavy atom. The summed E-state index contributed by atoms with van der Waals surface area (Å²) in [6, 6.07) is 0. The average Bonchev–Trinajstić information content (AvgIpc) is 0.917. The number of aliphatic hydroxyl groups is 10. The van der Waals surface area contributed by atoms with Gasteiger partial charge in [-0.2, -0.15) is 0 Å². The van der Waals surface area contributed by atoms with Gasteiger partial charge in [-0.3, -0.25) is 0 Å². The number of unbranched alkanes of at least 4 members (excludes halogenated alkanes) is 6. The fraction of sp³-hybridized carbons (Fsp3) is 0.600. The summed E-state index contributed by atoms with van der Waals surface area (Å²) >= 11 is 0. The molecular weight excluding hydrogens is 1320 g/mol. The highest BCUT2D eigenvalue weighted by Gasteiger charge is 2.25. The van der Waals surface area contributed by atoms with Gasteiger partial charge in [-0.1, -0.05) is 274 Å². The van der Waals surface area contributed by atoms with Crippen LogP contribution in [0.5, 0.6) is 0 Å². The minimum Gasteiger partial charge on any atom is -0.390 e. The maximum absolute atomic E-state index is 10.9. The molecule has 0 heterocycles. The summed E-state index contributed by atoms with van der Waals surface area (Å²) in [6.45, 7) is 12.5. The molecule has 2 rings (SSSR count). The summed E-state index contributed by atoms with van der Waals surface area (Å²) in [5.74, 6) is 12.0. The van der Waals surface area contributed by atoms with Crippen molar-refractivity contribution in [2.75, 3.05) is 7.11 Å². The third kappa shape index (κ3) is 65.7. The molecule has 10 N–H and O–H groups in total. The highest BCUT2D eigenvalue weighted by Crippen LogP contribution is 2.29. The molecule has 105 heavy (non-hydrogen) atoms. The van der Waals surface area contributed by atoms with Gasteiger partial charge in [0.2, 0.25) is 0 Å². The second-order valence-corrected chi connectivity index (χ2v) is 28.0. The van der Waals surface area contributed by atoms with Crippen molar-refractivity contribution in [2.24, 2.45) is 0 Å². The van der Waals surface area contributed by atoms with E-state index in [4.69, 9.17) is 4.74 Å². The number of Topliss-reactive ketones (excluding diaryl/α,β-unsaturated/α-hetero) is 4. The Morgan fingerprint density at radius 1 is 0.381 bits per heavy atom. The number of aliphatic hydroxyl groups excluding tert-OH is 8. The third-order valence-electron chi connectivity index (χ3n) is 17.7.